The Morgan fingerprint density at radius 1 is 1.35 bits per heavy atom. The number of rotatable bonds is 5. The number of nitrogens with zero attached hydrogens (tertiary/aromatic N) is 1. The van der Waals surface area contributed by atoms with Crippen LogP contribution in [0.25, 0.3) is 0 Å². The monoisotopic (exact) mass is 380 g/mol. The van der Waals surface area contributed by atoms with Crippen LogP contribution in [0.1, 0.15) is 41.6 Å². The van der Waals surface area contributed by atoms with Crippen molar-refractivity contribution in [2.45, 2.75) is 26.7 Å². The zero-order chi connectivity index (χ0) is 17.0. The van der Waals surface area contributed by atoms with E-state index in [-0.39, 0.29) is 18.1 Å². The van der Waals surface area contributed by atoms with Gasteiger partial charge in [-0.3, -0.25) is 4.79 Å². The van der Waals surface area contributed by atoms with Gasteiger partial charge in [0.25, 0.3) is 5.91 Å². The van der Waals surface area contributed by atoms with Gasteiger partial charge in [-0.2, -0.15) is 0 Å². The van der Waals surface area contributed by atoms with Crippen LogP contribution in [-0.2, 0) is 9.53 Å². The summed E-state index contributed by atoms with van der Waals surface area (Å²) in [5, 5.41) is 6.44. The topological polar surface area (TPSA) is 81.4 Å². The van der Waals surface area contributed by atoms with Gasteiger partial charge in [0, 0.05) is 10.4 Å². The van der Waals surface area contributed by atoms with Crippen LogP contribution in [0.5, 0.6) is 0 Å². The third-order valence-electron chi connectivity index (χ3n) is 3.10. The van der Waals surface area contributed by atoms with Crippen molar-refractivity contribution in [1.82, 2.24) is 5.16 Å². The van der Waals surface area contributed by atoms with E-state index in [2.05, 4.69) is 26.4 Å². The number of nitrogens with one attached hydrogen (secondary N) is 1. The molecule has 0 saturated carbocycles. The Kier molecular flexibility index (Phi) is 5.54. The maximum absolute atomic E-state index is 12.2. The number of aromatic nitrogens is 1. The molecule has 0 unspecified atom stereocenters. The van der Waals surface area contributed by atoms with Gasteiger partial charge >= 0.3 is 5.97 Å². The zero-order valence-electron chi connectivity index (χ0n) is 13.1. The number of halogens is 1. The van der Waals surface area contributed by atoms with Crippen molar-refractivity contribution in [3.05, 3.63) is 45.8 Å². The van der Waals surface area contributed by atoms with Crippen LogP contribution in [0.2, 0.25) is 0 Å². The van der Waals surface area contributed by atoms with Gasteiger partial charge in [-0.15, -0.1) is 0 Å². The second-order valence-electron chi connectivity index (χ2n) is 5.27. The molecule has 0 radical (unpaired) electrons. The molecular weight excluding hydrogens is 364 g/mol. The molecule has 0 fully saturated rings. The van der Waals surface area contributed by atoms with Crippen molar-refractivity contribution in [3.8, 4) is 0 Å². The Balaban J connectivity index is 1.98. The van der Waals surface area contributed by atoms with Crippen molar-refractivity contribution < 1.29 is 18.8 Å². The number of hydrogen-bond donors (Lipinski definition) is 1. The van der Waals surface area contributed by atoms with Crippen LogP contribution < -0.4 is 5.32 Å². The van der Waals surface area contributed by atoms with Crippen molar-refractivity contribution in [1.29, 1.82) is 0 Å². The second kappa shape index (κ2) is 7.41. The van der Waals surface area contributed by atoms with Crippen molar-refractivity contribution >= 4 is 33.5 Å². The molecule has 2 rings (SSSR count). The number of benzene rings is 1. The third kappa shape index (κ3) is 4.19. The lowest BCUT2D eigenvalue weighted by Gasteiger charge is -2.08. The average molecular weight is 381 g/mol. The van der Waals surface area contributed by atoms with Gasteiger partial charge in [-0.05, 0) is 35.0 Å². The number of ether oxygens (including phenoxy) is 1. The molecule has 1 N–H and O–H groups in total. The minimum atomic E-state index is -0.616. The van der Waals surface area contributed by atoms with E-state index in [4.69, 9.17) is 9.26 Å². The van der Waals surface area contributed by atoms with E-state index in [9.17, 15) is 9.59 Å². The molecule has 2 aromatic rings. The molecule has 1 heterocycles. The van der Waals surface area contributed by atoms with Crippen LogP contribution in [0, 0.1) is 6.92 Å². The van der Waals surface area contributed by atoms with E-state index in [0.717, 1.165) is 4.47 Å². The van der Waals surface area contributed by atoms with Crippen LogP contribution in [0.4, 0.5) is 5.69 Å². The summed E-state index contributed by atoms with van der Waals surface area (Å²) in [7, 11) is 0. The highest BCUT2D eigenvalue weighted by Gasteiger charge is 2.24. The van der Waals surface area contributed by atoms with Crippen LogP contribution in [-0.4, -0.2) is 23.6 Å². The minimum absolute atomic E-state index is 0.00662. The summed E-state index contributed by atoms with van der Waals surface area (Å²) < 4.78 is 11.0. The molecule has 122 valence electrons. The smallest absolute Gasteiger partial charge is 0.344 e. The van der Waals surface area contributed by atoms with E-state index in [1.165, 1.54) is 0 Å². The number of anilines is 1. The standard InChI is InChI=1S/C16H17BrN2O4/c1-9(2)15-14(10(3)19-23-15)16(21)22-8-13(20)18-12-7-5-4-6-11(12)17/h4-7,9H,8H2,1-3H3,(H,18,20). The molecule has 0 atom stereocenters. The Morgan fingerprint density at radius 3 is 2.70 bits per heavy atom. The van der Waals surface area contributed by atoms with Gasteiger partial charge in [-0.1, -0.05) is 31.1 Å². The Bertz CT molecular complexity index is 725. The Hall–Kier alpha value is -2.15. The summed E-state index contributed by atoms with van der Waals surface area (Å²) in [6.07, 6.45) is 0. The Labute approximate surface area is 142 Å². The maximum Gasteiger partial charge on any atom is 0.344 e. The van der Waals surface area contributed by atoms with Crippen LogP contribution in [0.15, 0.2) is 33.3 Å². The number of hydrogen-bond acceptors (Lipinski definition) is 5. The van der Waals surface area contributed by atoms with Crippen LogP contribution >= 0.6 is 15.9 Å². The summed E-state index contributed by atoms with van der Waals surface area (Å²) >= 11 is 3.33. The second-order valence-corrected chi connectivity index (χ2v) is 6.12. The van der Waals surface area contributed by atoms with Gasteiger partial charge in [0.2, 0.25) is 0 Å². The average Bonchev–Trinajstić information content (AvgIpc) is 2.89. The number of amides is 1. The molecule has 1 amide bonds. The van der Waals surface area contributed by atoms with Gasteiger partial charge in [0.05, 0.1) is 11.4 Å². The normalized spacial score (nSPS) is 10.7. The fourth-order valence-corrected chi connectivity index (χ4v) is 2.37. The molecule has 1 aromatic heterocycles. The lowest BCUT2D eigenvalue weighted by molar-refractivity contribution is -0.119. The molecule has 0 spiro atoms. The Morgan fingerprint density at radius 2 is 2.04 bits per heavy atom. The third-order valence-corrected chi connectivity index (χ3v) is 3.79. The molecule has 0 aliphatic carbocycles. The van der Waals surface area contributed by atoms with E-state index >= 15 is 0 Å². The lowest BCUT2D eigenvalue weighted by atomic mass is 10.1. The first-order valence-corrected chi connectivity index (χ1v) is 7.87. The predicted molar refractivity (Wildman–Crippen MR) is 88.4 cm³/mol. The minimum Gasteiger partial charge on any atom is -0.452 e. The highest BCUT2D eigenvalue weighted by molar-refractivity contribution is 9.10. The highest BCUT2D eigenvalue weighted by atomic mass is 79.9. The first kappa shape index (κ1) is 17.2. The molecule has 0 saturated heterocycles. The van der Waals surface area contributed by atoms with E-state index < -0.39 is 11.9 Å². The molecule has 6 nitrogen and oxygen atoms in total. The molecule has 1 aromatic carbocycles. The maximum atomic E-state index is 12.2. The fourth-order valence-electron chi connectivity index (χ4n) is 1.98. The molecule has 0 bridgehead atoms. The van der Waals surface area contributed by atoms with E-state index in [1.54, 1.807) is 25.1 Å². The lowest BCUT2D eigenvalue weighted by Crippen LogP contribution is -2.21. The van der Waals surface area contributed by atoms with E-state index in [1.807, 2.05) is 19.9 Å². The van der Waals surface area contributed by atoms with Crippen LogP contribution in [0.3, 0.4) is 0 Å². The summed E-state index contributed by atoms with van der Waals surface area (Å²) in [5.74, 6) is -0.591. The van der Waals surface area contributed by atoms with Crippen molar-refractivity contribution in [2.24, 2.45) is 0 Å². The number of aryl methyl sites for hydroxylation is 1. The highest BCUT2D eigenvalue weighted by Crippen LogP contribution is 2.23. The molecule has 23 heavy (non-hydrogen) atoms. The summed E-state index contributed by atoms with van der Waals surface area (Å²) in [6, 6.07) is 7.17. The van der Waals surface area contributed by atoms with Gasteiger partial charge in [0.15, 0.2) is 12.4 Å². The summed E-state index contributed by atoms with van der Waals surface area (Å²) in [5.41, 5.74) is 1.34. The molecule has 0 aliphatic rings. The quantitative estimate of drug-likeness (QED) is 0.800. The molecular formula is C16H17BrN2O4. The molecule has 0 aliphatic heterocycles. The first-order chi connectivity index (χ1) is 10.9. The van der Waals surface area contributed by atoms with E-state index in [0.29, 0.717) is 17.1 Å². The largest absolute Gasteiger partial charge is 0.452 e. The number of esters is 1. The molecule has 7 heteroatoms. The summed E-state index contributed by atoms with van der Waals surface area (Å²) in [4.78, 5) is 24.1. The zero-order valence-corrected chi connectivity index (χ0v) is 14.6. The first-order valence-electron chi connectivity index (χ1n) is 7.07. The van der Waals surface area contributed by atoms with Crippen molar-refractivity contribution in [2.75, 3.05) is 11.9 Å². The number of para-hydroxylation sites is 1. The van der Waals surface area contributed by atoms with Crippen molar-refractivity contribution in [3.63, 3.8) is 0 Å². The van der Waals surface area contributed by atoms with Gasteiger partial charge < -0.3 is 14.6 Å². The van der Waals surface area contributed by atoms with Gasteiger partial charge in [-0.25, -0.2) is 4.79 Å². The SMILES string of the molecule is Cc1noc(C(C)C)c1C(=O)OCC(=O)Nc1ccccc1Br. The fraction of sp³-hybridized carbons (Fsp3) is 0.312. The number of carbonyl (C=O) groups excluding carboxylic acids is 2. The number of carbonyl (C=O) groups is 2. The summed E-state index contributed by atoms with van der Waals surface area (Å²) in [6.45, 7) is 5.04. The van der Waals surface area contributed by atoms with Gasteiger partial charge in [0.1, 0.15) is 5.56 Å². The predicted octanol–water partition coefficient (Wildman–Crippen LogP) is 3.66.